The van der Waals surface area contributed by atoms with Crippen molar-refractivity contribution in [1.29, 1.82) is 0 Å². The van der Waals surface area contributed by atoms with Crippen LogP contribution in [0.1, 0.15) is 119 Å². The van der Waals surface area contributed by atoms with Crippen LogP contribution >= 0.6 is 0 Å². The maximum Gasteiger partial charge on any atom is 0.321 e. The molecule has 2 spiro atoms. The van der Waals surface area contributed by atoms with Crippen molar-refractivity contribution in [2.75, 3.05) is 0 Å². The summed E-state index contributed by atoms with van der Waals surface area (Å²) < 4.78 is 72.8. The van der Waals surface area contributed by atoms with Crippen LogP contribution in [0.2, 0.25) is 0 Å². The second-order valence-electron chi connectivity index (χ2n) is 38.4. The molecular formula is C89H68O48. The van der Waals surface area contributed by atoms with E-state index in [2.05, 4.69) is 75.8 Å². The second-order valence-corrected chi connectivity index (χ2v) is 38.4. The normalized spacial score (nSPS) is 41.4. The molecular weight excluding hydrogens is 1840 g/mol. The molecule has 0 aromatic heterocycles. The van der Waals surface area contributed by atoms with Crippen molar-refractivity contribution < 1.29 is 229 Å². The van der Waals surface area contributed by atoms with Gasteiger partial charge in [0.15, 0.2) is 0 Å². The standard InChI is InChI=1S/C14H10O6.2C12H10O6.C12H8O6.C11H8O6.2C10H8O6.C8H6O6/c15-11-5-9(13(17)19-11)7-1-2-8(4-3-7)10-6-12(16)20-14(10)18;13-6-2-4-3-1-5(7(4)10(14)17-6)9-8(3)11(15)18-12(9)16;2*13-9-5-3-1-2-4(7(5)11(15)17-9)8-6(3)10(14)18-12(8)16;12-8-4-2-1-3(6(4)10(14)16-8)7-5(2)9(13)17-11(7)15;11-6-3-10(9(14)15-6)2-4-1-5(10)8(13)16-7(4)12;11-6-2-3-4-1-5(7(3)10(14)15-6)9(13)16-8(4)12;9-4-1-8(2-5(10)13-4)3-6(11)14-7(8)12/h1-4,9-10H,5-6H2;3-5,7-9H,1-2H2;3-8H,1-2H2;1-8H;2-7H,1H2;4-5H,1-3H2;3-5,7H,1-2H2;1-3H2. The van der Waals surface area contributed by atoms with E-state index in [1.54, 1.807) is 36.4 Å². The van der Waals surface area contributed by atoms with Gasteiger partial charge in [0, 0.05) is 18.3 Å². The van der Waals surface area contributed by atoms with Crippen LogP contribution in [0.3, 0.4) is 0 Å². The Morgan fingerprint density at radius 2 is 0.518 bits per heavy atom. The summed E-state index contributed by atoms with van der Waals surface area (Å²) in [5.41, 5.74) is -1.11. The van der Waals surface area contributed by atoms with E-state index >= 15 is 0 Å². The number of hydrogen-bond donors (Lipinski definition) is 0. The Bertz CT molecular complexity index is 5690. The van der Waals surface area contributed by atoms with Gasteiger partial charge in [-0.1, -0.05) is 36.4 Å². The monoisotopic (exact) mass is 1900 g/mol. The van der Waals surface area contributed by atoms with Crippen molar-refractivity contribution in [2.45, 2.75) is 108 Å². The molecule has 0 amide bonds. The van der Waals surface area contributed by atoms with E-state index in [9.17, 15) is 153 Å². The number of carbonyl (C=O) groups excluding carboxylic acids is 32. The Kier molecular flexibility index (Phi) is 21.3. The first-order valence-corrected chi connectivity index (χ1v) is 43.8. The molecule has 27 unspecified atom stereocenters. The Labute approximate surface area is 761 Å². The van der Waals surface area contributed by atoms with Crippen molar-refractivity contribution in [2.24, 2.45) is 188 Å². The highest BCUT2D eigenvalue weighted by atomic mass is 16.7. The summed E-state index contributed by atoms with van der Waals surface area (Å²) in [5.74, 6) is -34.3. The minimum atomic E-state index is -1.29. The summed E-state index contributed by atoms with van der Waals surface area (Å²) in [7, 11) is 0. The number of rotatable bonds is 2. The lowest BCUT2D eigenvalue weighted by Crippen LogP contribution is -2.53. The van der Waals surface area contributed by atoms with Gasteiger partial charge in [0.05, 0.1) is 186 Å². The zero-order valence-corrected chi connectivity index (χ0v) is 70.1. The molecule has 28 aliphatic rings. The first-order valence-electron chi connectivity index (χ1n) is 43.8. The molecule has 12 bridgehead atoms. The van der Waals surface area contributed by atoms with Crippen LogP contribution in [0.5, 0.6) is 0 Å². The van der Waals surface area contributed by atoms with Crippen LogP contribution in [0.25, 0.3) is 0 Å². The molecule has 29 rings (SSSR count). The van der Waals surface area contributed by atoms with Crippen LogP contribution in [0, 0.1) is 188 Å². The minimum Gasteiger partial charge on any atom is -0.393 e. The van der Waals surface area contributed by atoms with Crippen molar-refractivity contribution in [3.8, 4) is 0 Å². The quantitative estimate of drug-likeness (QED) is 0.124. The molecule has 10 saturated carbocycles. The molecule has 26 fully saturated rings. The van der Waals surface area contributed by atoms with E-state index in [0.717, 1.165) is 0 Å². The first kappa shape index (κ1) is 90.0. The maximum absolute atomic E-state index is 11.8. The fourth-order valence-corrected chi connectivity index (χ4v) is 26.8. The van der Waals surface area contributed by atoms with Gasteiger partial charge in [0.25, 0.3) is 0 Å². The van der Waals surface area contributed by atoms with Gasteiger partial charge in [-0.2, -0.15) is 0 Å². The zero-order chi connectivity index (χ0) is 97.3. The van der Waals surface area contributed by atoms with Crippen molar-refractivity contribution in [1.82, 2.24) is 0 Å². The molecule has 0 N–H and O–H groups in total. The van der Waals surface area contributed by atoms with Gasteiger partial charge in [-0.25, -0.2) is 0 Å². The lowest BCUT2D eigenvalue weighted by atomic mass is 9.51. The van der Waals surface area contributed by atoms with Gasteiger partial charge < -0.3 is 75.8 Å². The van der Waals surface area contributed by atoms with E-state index in [-0.39, 0.29) is 99.2 Å². The number of fused-ring (bicyclic) bond motifs is 25. The third-order valence-electron chi connectivity index (χ3n) is 32.1. The first-order chi connectivity index (χ1) is 65.0. The summed E-state index contributed by atoms with van der Waals surface area (Å²) in [5, 5.41) is 0. The third kappa shape index (κ3) is 14.2. The molecule has 48 heteroatoms. The average Bonchev–Trinajstić information content (AvgIpc) is 1.53. The van der Waals surface area contributed by atoms with Gasteiger partial charge in [0.2, 0.25) is 0 Å². The van der Waals surface area contributed by atoms with Crippen LogP contribution in [0.15, 0.2) is 36.4 Å². The Morgan fingerprint density at radius 3 is 0.905 bits per heavy atom. The molecule has 0 radical (unpaired) electrons. The van der Waals surface area contributed by atoms with Crippen LogP contribution < -0.4 is 0 Å². The lowest BCUT2D eigenvalue weighted by molar-refractivity contribution is -0.176. The number of benzene rings is 1. The van der Waals surface area contributed by atoms with Gasteiger partial charge in [-0.3, -0.25) is 153 Å². The van der Waals surface area contributed by atoms with Crippen molar-refractivity contribution in [3.05, 3.63) is 47.5 Å². The summed E-state index contributed by atoms with van der Waals surface area (Å²) in [6.07, 6.45) is 6.23. The number of cyclic esters (lactones) is 32. The fraction of sp³-hybridized carbons (Fsp3) is 0.551. The minimum absolute atomic E-state index is 0.0138. The highest BCUT2D eigenvalue weighted by Crippen LogP contribution is 2.67. The summed E-state index contributed by atoms with van der Waals surface area (Å²) in [6.45, 7) is 0. The summed E-state index contributed by atoms with van der Waals surface area (Å²) in [6, 6.07) is 6.65. The molecule has 1 aromatic rings. The highest BCUT2D eigenvalue weighted by molar-refractivity contribution is 6.10. The van der Waals surface area contributed by atoms with Gasteiger partial charge in [0.1, 0.15) is 0 Å². The zero-order valence-electron chi connectivity index (χ0n) is 70.1. The Hall–Kier alpha value is -14.8. The average molecular weight is 1910 g/mol. The predicted octanol–water partition coefficient (Wildman–Crippen LogP) is -2.90. The van der Waals surface area contributed by atoms with Crippen LogP contribution in [0.4, 0.5) is 0 Å². The van der Waals surface area contributed by atoms with E-state index in [4.69, 9.17) is 0 Å². The fourth-order valence-electron chi connectivity index (χ4n) is 26.8. The van der Waals surface area contributed by atoms with E-state index in [0.29, 0.717) is 49.7 Å². The molecule has 16 heterocycles. The molecule has 1 aromatic carbocycles. The Morgan fingerprint density at radius 1 is 0.212 bits per heavy atom. The predicted molar refractivity (Wildman–Crippen MR) is 397 cm³/mol. The van der Waals surface area contributed by atoms with Gasteiger partial charge in [-0.15, -0.1) is 0 Å². The highest BCUT2D eigenvalue weighted by Gasteiger charge is 2.76. The largest absolute Gasteiger partial charge is 0.393 e. The number of ether oxygens (including phenoxy) is 16. The van der Waals surface area contributed by atoms with E-state index in [1.165, 1.54) is 0 Å². The van der Waals surface area contributed by atoms with E-state index in [1.807, 2.05) is 0 Å². The topological polar surface area (TPSA) is 694 Å². The number of carbonyl (C=O) groups is 32. The SMILES string of the molecule is O=C1CC(c2ccc(C3CC(=O)OC3=O)cc2)C(=O)O1.O=C1CC2(CC(=O)O1)CC(=O)OC2=O.O=C1CC2(CC3CC2C(=O)OC3=O)C(=O)O1.O=C1CC2C3CC(C(=O)OC3=O)C2C(=O)O1.O=C1CC2C3CC(C2C(=O)O1)C1C(=O)OC(=O)C31.O=C1OC(=O)C2C3C=CC(C12)C1C(=O)OC(=O)C31.O=C1OC(=O)C2C3CC(C12)C1C(=O)OC(=O)C31.O=C1OC(=O)C2C3CCC(C12)C1C(=O)OC(=O)C31. The summed E-state index contributed by atoms with van der Waals surface area (Å²) in [4.78, 5) is 366. The maximum atomic E-state index is 11.8. The molecule has 16 aliphatic heterocycles. The number of allylic oxidation sites excluding steroid dienone is 2. The molecule has 48 nitrogen and oxygen atoms in total. The molecule has 137 heavy (non-hydrogen) atoms. The van der Waals surface area contributed by atoms with Crippen LogP contribution in [-0.2, 0) is 229 Å². The number of hydrogen-bond acceptors (Lipinski definition) is 48. The van der Waals surface area contributed by atoms with Crippen LogP contribution in [-0.4, -0.2) is 191 Å². The summed E-state index contributed by atoms with van der Waals surface area (Å²) >= 11 is 0. The third-order valence-corrected chi connectivity index (χ3v) is 32.1. The molecule has 16 saturated heterocycles. The number of esters is 32. The van der Waals surface area contributed by atoms with Gasteiger partial charge in [-0.05, 0) is 103 Å². The Balaban J connectivity index is 0.0000000968. The molecule has 27 atom stereocenters. The lowest BCUT2D eigenvalue weighted by Gasteiger charge is -2.46. The van der Waals surface area contributed by atoms with Gasteiger partial charge >= 0.3 is 191 Å². The molecule has 712 valence electrons. The second kappa shape index (κ2) is 32.5. The van der Waals surface area contributed by atoms with E-state index < -0.39 is 350 Å². The smallest absolute Gasteiger partial charge is 0.321 e. The van der Waals surface area contributed by atoms with Crippen molar-refractivity contribution >= 4 is 191 Å². The van der Waals surface area contributed by atoms with Crippen molar-refractivity contribution in [3.63, 3.8) is 0 Å². The molecule has 12 aliphatic carbocycles.